The van der Waals surface area contributed by atoms with Gasteiger partial charge in [-0.1, -0.05) is 26.0 Å². The number of amides is 1. The molecule has 110 valence electrons. The zero-order valence-corrected chi connectivity index (χ0v) is 12.5. The van der Waals surface area contributed by atoms with E-state index in [1.165, 1.54) is 18.4 Å². The van der Waals surface area contributed by atoms with Crippen LogP contribution >= 0.6 is 0 Å². The molecule has 0 saturated heterocycles. The standard InChI is InChI=1S/C17H25NO2/c1-13(2)15-6-8-16(9-7-15)17(19)18-10-3-11-20-12-14-4-5-14/h6-9,13-14H,3-5,10-12H2,1-2H3,(H,18,19). The Labute approximate surface area is 121 Å². The molecule has 1 aromatic rings. The molecule has 0 radical (unpaired) electrons. The van der Waals surface area contributed by atoms with E-state index < -0.39 is 0 Å². The monoisotopic (exact) mass is 275 g/mol. The van der Waals surface area contributed by atoms with Crippen molar-refractivity contribution in [2.75, 3.05) is 19.8 Å². The van der Waals surface area contributed by atoms with Crippen molar-refractivity contribution in [1.82, 2.24) is 5.32 Å². The first kappa shape index (κ1) is 15.0. The molecule has 1 aliphatic carbocycles. The van der Waals surface area contributed by atoms with Crippen LogP contribution in [0.4, 0.5) is 0 Å². The summed E-state index contributed by atoms with van der Waals surface area (Å²) in [6.07, 6.45) is 3.52. The van der Waals surface area contributed by atoms with Gasteiger partial charge in [-0.3, -0.25) is 4.79 Å². The molecule has 1 aliphatic rings. The number of hydrogen-bond acceptors (Lipinski definition) is 2. The number of benzene rings is 1. The highest BCUT2D eigenvalue weighted by Crippen LogP contribution is 2.28. The summed E-state index contributed by atoms with van der Waals surface area (Å²) in [5.74, 6) is 1.31. The van der Waals surface area contributed by atoms with E-state index in [0.717, 1.165) is 31.1 Å². The molecule has 0 bridgehead atoms. The smallest absolute Gasteiger partial charge is 0.251 e. The molecule has 20 heavy (non-hydrogen) atoms. The van der Waals surface area contributed by atoms with Crippen molar-refractivity contribution in [3.63, 3.8) is 0 Å². The maximum absolute atomic E-state index is 11.9. The largest absolute Gasteiger partial charge is 0.381 e. The predicted molar refractivity (Wildman–Crippen MR) is 81.0 cm³/mol. The first-order valence-corrected chi connectivity index (χ1v) is 7.62. The zero-order chi connectivity index (χ0) is 14.4. The van der Waals surface area contributed by atoms with Gasteiger partial charge in [0.25, 0.3) is 5.91 Å². The van der Waals surface area contributed by atoms with Crippen molar-refractivity contribution in [1.29, 1.82) is 0 Å². The third-order valence-electron chi connectivity index (χ3n) is 3.64. The van der Waals surface area contributed by atoms with E-state index in [-0.39, 0.29) is 5.91 Å². The van der Waals surface area contributed by atoms with E-state index in [1.807, 2.05) is 24.3 Å². The second-order valence-electron chi connectivity index (χ2n) is 5.90. The molecule has 0 heterocycles. The van der Waals surface area contributed by atoms with E-state index in [2.05, 4.69) is 19.2 Å². The van der Waals surface area contributed by atoms with Crippen LogP contribution in [0.5, 0.6) is 0 Å². The fourth-order valence-corrected chi connectivity index (χ4v) is 2.03. The van der Waals surface area contributed by atoms with E-state index >= 15 is 0 Å². The average molecular weight is 275 g/mol. The maximum Gasteiger partial charge on any atom is 0.251 e. The van der Waals surface area contributed by atoms with Crippen molar-refractivity contribution < 1.29 is 9.53 Å². The SMILES string of the molecule is CC(C)c1ccc(C(=O)NCCCOCC2CC2)cc1. The Hall–Kier alpha value is -1.35. The number of carbonyl (C=O) groups excluding carboxylic acids is 1. The molecule has 2 rings (SSSR count). The molecule has 1 amide bonds. The van der Waals surface area contributed by atoms with Crippen molar-refractivity contribution in [2.45, 2.75) is 39.0 Å². The van der Waals surface area contributed by atoms with Gasteiger partial charge in [-0.05, 0) is 48.8 Å². The normalized spacial score (nSPS) is 14.6. The quantitative estimate of drug-likeness (QED) is 0.739. The van der Waals surface area contributed by atoms with Crippen LogP contribution in [-0.2, 0) is 4.74 Å². The Morgan fingerprint density at radius 2 is 2.00 bits per heavy atom. The Kier molecular flexibility index (Phi) is 5.60. The summed E-state index contributed by atoms with van der Waals surface area (Å²) in [6.45, 7) is 6.61. The summed E-state index contributed by atoms with van der Waals surface area (Å²) in [6, 6.07) is 7.85. The van der Waals surface area contributed by atoms with Crippen LogP contribution in [0.2, 0.25) is 0 Å². The van der Waals surface area contributed by atoms with Gasteiger partial charge >= 0.3 is 0 Å². The second kappa shape index (κ2) is 7.44. The minimum absolute atomic E-state index is 0.00231. The molecule has 1 fully saturated rings. The highest BCUT2D eigenvalue weighted by atomic mass is 16.5. The topological polar surface area (TPSA) is 38.3 Å². The molecule has 0 spiro atoms. The minimum Gasteiger partial charge on any atom is -0.381 e. The molecular weight excluding hydrogens is 250 g/mol. The van der Waals surface area contributed by atoms with E-state index in [1.54, 1.807) is 0 Å². The van der Waals surface area contributed by atoms with Crippen LogP contribution in [-0.4, -0.2) is 25.7 Å². The highest BCUT2D eigenvalue weighted by Gasteiger charge is 2.20. The lowest BCUT2D eigenvalue weighted by atomic mass is 10.0. The number of nitrogens with one attached hydrogen (secondary N) is 1. The van der Waals surface area contributed by atoms with Gasteiger partial charge in [0.15, 0.2) is 0 Å². The van der Waals surface area contributed by atoms with Crippen molar-refractivity contribution in [3.05, 3.63) is 35.4 Å². The molecule has 0 aromatic heterocycles. The third kappa shape index (κ3) is 4.97. The fraction of sp³-hybridized carbons (Fsp3) is 0.588. The van der Waals surface area contributed by atoms with Crippen molar-refractivity contribution in [2.24, 2.45) is 5.92 Å². The molecule has 0 atom stereocenters. The summed E-state index contributed by atoms with van der Waals surface area (Å²) in [5, 5.41) is 2.93. The van der Waals surface area contributed by atoms with Crippen LogP contribution in [0.15, 0.2) is 24.3 Å². The minimum atomic E-state index is 0.00231. The lowest BCUT2D eigenvalue weighted by Gasteiger charge is -2.08. The number of rotatable bonds is 8. The van der Waals surface area contributed by atoms with Gasteiger partial charge in [-0.15, -0.1) is 0 Å². The lowest BCUT2D eigenvalue weighted by molar-refractivity contribution is 0.0937. The van der Waals surface area contributed by atoms with Gasteiger partial charge in [-0.25, -0.2) is 0 Å². The molecule has 1 saturated carbocycles. The second-order valence-corrected chi connectivity index (χ2v) is 5.90. The van der Waals surface area contributed by atoms with Gasteiger partial charge in [0, 0.05) is 25.3 Å². The number of ether oxygens (including phenoxy) is 1. The lowest BCUT2D eigenvalue weighted by Crippen LogP contribution is -2.25. The van der Waals surface area contributed by atoms with Gasteiger partial charge in [0.1, 0.15) is 0 Å². The molecule has 1 aromatic carbocycles. The van der Waals surface area contributed by atoms with Gasteiger partial charge in [0.05, 0.1) is 0 Å². The first-order chi connectivity index (χ1) is 9.66. The Balaban J connectivity index is 1.63. The predicted octanol–water partition coefficient (Wildman–Crippen LogP) is 3.36. The summed E-state index contributed by atoms with van der Waals surface area (Å²) < 4.78 is 5.54. The summed E-state index contributed by atoms with van der Waals surface area (Å²) in [7, 11) is 0. The van der Waals surface area contributed by atoms with Crippen molar-refractivity contribution >= 4 is 5.91 Å². The zero-order valence-electron chi connectivity index (χ0n) is 12.5. The fourth-order valence-electron chi connectivity index (χ4n) is 2.03. The molecule has 3 nitrogen and oxygen atoms in total. The van der Waals surface area contributed by atoms with Crippen LogP contribution in [0.3, 0.4) is 0 Å². The Morgan fingerprint density at radius 3 is 2.60 bits per heavy atom. The maximum atomic E-state index is 11.9. The Bertz CT molecular complexity index is 421. The molecule has 1 N–H and O–H groups in total. The van der Waals surface area contributed by atoms with Gasteiger partial charge < -0.3 is 10.1 Å². The van der Waals surface area contributed by atoms with E-state index in [0.29, 0.717) is 12.5 Å². The molecule has 3 heteroatoms. The highest BCUT2D eigenvalue weighted by molar-refractivity contribution is 5.94. The molecule has 0 unspecified atom stereocenters. The van der Waals surface area contributed by atoms with Crippen molar-refractivity contribution in [3.8, 4) is 0 Å². The molecular formula is C17H25NO2. The summed E-state index contributed by atoms with van der Waals surface area (Å²) >= 11 is 0. The van der Waals surface area contributed by atoms with Crippen LogP contribution in [0.25, 0.3) is 0 Å². The summed E-state index contributed by atoms with van der Waals surface area (Å²) in [5.41, 5.74) is 1.99. The van der Waals surface area contributed by atoms with Crippen LogP contribution < -0.4 is 5.32 Å². The number of carbonyl (C=O) groups is 1. The van der Waals surface area contributed by atoms with Crippen LogP contribution in [0, 0.1) is 5.92 Å². The number of hydrogen-bond donors (Lipinski definition) is 1. The van der Waals surface area contributed by atoms with E-state index in [9.17, 15) is 4.79 Å². The average Bonchev–Trinajstić information content (AvgIpc) is 3.26. The molecule has 0 aliphatic heterocycles. The Morgan fingerprint density at radius 1 is 1.30 bits per heavy atom. The third-order valence-corrected chi connectivity index (χ3v) is 3.64. The van der Waals surface area contributed by atoms with E-state index in [4.69, 9.17) is 4.74 Å². The van der Waals surface area contributed by atoms with Gasteiger partial charge in [0.2, 0.25) is 0 Å². The van der Waals surface area contributed by atoms with Gasteiger partial charge in [-0.2, -0.15) is 0 Å². The first-order valence-electron chi connectivity index (χ1n) is 7.62. The van der Waals surface area contributed by atoms with Crippen LogP contribution in [0.1, 0.15) is 54.9 Å². The summed E-state index contributed by atoms with van der Waals surface area (Å²) in [4.78, 5) is 11.9.